The number of aryl methyl sites for hydroxylation is 2. The van der Waals surface area contributed by atoms with Crippen molar-refractivity contribution in [3.8, 4) is 6.07 Å². The van der Waals surface area contributed by atoms with Crippen LogP contribution in [-0.2, 0) is 4.79 Å². The SMILES string of the molecule is Cc1cc2c(cc1/C=C(\C#N)C(=O)Nc1ccccc1C)C(C)CC(C)(C)N2C. The zero-order chi connectivity index (χ0) is 21.3. The summed E-state index contributed by atoms with van der Waals surface area (Å²) in [5, 5.41) is 12.5. The van der Waals surface area contributed by atoms with Crippen LogP contribution in [0.1, 0.15) is 55.4 Å². The van der Waals surface area contributed by atoms with E-state index in [1.54, 1.807) is 6.08 Å². The molecule has 3 rings (SSSR count). The van der Waals surface area contributed by atoms with Gasteiger partial charge in [-0.3, -0.25) is 4.79 Å². The van der Waals surface area contributed by atoms with Gasteiger partial charge in [0, 0.05) is 24.0 Å². The molecule has 1 aliphatic heterocycles. The number of nitrogens with zero attached hydrogens (tertiary/aromatic N) is 2. The molecular formula is C25H29N3O. The minimum Gasteiger partial charge on any atom is -0.369 e. The molecule has 0 saturated heterocycles. The summed E-state index contributed by atoms with van der Waals surface area (Å²) in [4.78, 5) is 15.0. The summed E-state index contributed by atoms with van der Waals surface area (Å²) in [6.07, 6.45) is 2.76. The number of fused-ring (bicyclic) bond motifs is 1. The van der Waals surface area contributed by atoms with Gasteiger partial charge in [-0.15, -0.1) is 0 Å². The Morgan fingerprint density at radius 2 is 1.93 bits per heavy atom. The lowest BCUT2D eigenvalue weighted by Gasteiger charge is -2.45. The summed E-state index contributed by atoms with van der Waals surface area (Å²) in [5.74, 6) is 0.0282. The van der Waals surface area contributed by atoms with Gasteiger partial charge in [-0.2, -0.15) is 5.26 Å². The third kappa shape index (κ3) is 4.05. The quantitative estimate of drug-likeness (QED) is 0.553. The fourth-order valence-electron chi connectivity index (χ4n) is 4.10. The van der Waals surface area contributed by atoms with E-state index in [4.69, 9.17) is 0 Å². The number of benzene rings is 2. The smallest absolute Gasteiger partial charge is 0.266 e. The highest BCUT2D eigenvalue weighted by Gasteiger charge is 2.34. The molecule has 1 amide bonds. The predicted octanol–water partition coefficient (Wildman–Crippen LogP) is 5.57. The number of para-hydroxylation sites is 1. The van der Waals surface area contributed by atoms with E-state index in [0.29, 0.717) is 5.92 Å². The average Bonchev–Trinajstić information content (AvgIpc) is 2.66. The van der Waals surface area contributed by atoms with Crippen molar-refractivity contribution in [3.05, 3.63) is 64.2 Å². The van der Waals surface area contributed by atoms with E-state index >= 15 is 0 Å². The van der Waals surface area contributed by atoms with Gasteiger partial charge < -0.3 is 10.2 Å². The summed E-state index contributed by atoms with van der Waals surface area (Å²) in [6.45, 7) is 10.7. The van der Waals surface area contributed by atoms with Gasteiger partial charge in [-0.25, -0.2) is 0 Å². The first-order valence-electron chi connectivity index (χ1n) is 10.0. The maximum Gasteiger partial charge on any atom is 0.266 e. The van der Waals surface area contributed by atoms with Gasteiger partial charge in [0.05, 0.1) is 0 Å². The van der Waals surface area contributed by atoms with E-state index in [1.807, 2.05) is 38.1 Å². The highest BCUT2D eigenvalue weighted by molar-refractivity contribution is 6.10. The lowest BCUT2D eigenvalue weighted by molar-refractivity contribution is -0.112. The average molecular weight is 388 g/mol. The summed E-state index contributed by atoms with van der Waals surface area (Å²) < 4.78 is 0. The number of amides is 1. The molecule has 4 heteroatoms. The number of anilines is 2. The fourth-order valence-corrected chi connectivity index (χ4v) is 4.10. The van der Waals surface area contributed by atoms with Crippen molar-refractivity contribution >= 4 is 23.4 Å². The second-order valence-electron chi connectivity index (χ2n) is 8.68. The Kier molecular flexibility index (Phi) is 5.53. The Balaban J connectivity index is 1.97. The molecule has 0 spiro atoms. The Hall–Kier alpha value is -3.06. The Bertz CT molecular complexity index is 1030. The normalized spacial score (nSPS) is 18.0. The molecule has 2 aromatic rings. The van der Waals surface area contributed by atoms with Gasteiger partial charge in [0.15, 0.2) is 0 Å². The molecule has 1 aliphatic rings. The van der Waals surface area contributed by atoms with E-state index < -0.39 is 0 Å². The highest BCUT2D eigenvalue weighted by atomic mass is 16.1. The molecule has 0 aromatic heterocycles. The van der Waals surface area contributed by atoms with Crippen LogP contribution in [-0.4, -0.2) is 18.5 Å². The minimum absolute atomic E-state index is 0.0987. The van der Waals surface area contributed by atoms with Crippen LogP contribution in [0, 0.1) is 25.2 Å². The van der Waals surface area contributed by atoms with Crippen LogP contribution in [0.25, 0.3) is 6.08 Å². The van der Waals surface area contributed by atoms with Crippen LogP contribution in [0.3, 0.4) is 0 Å². The van der Waals surface area contributed by atoms with Crippen LogP contribution < -0.4 is 10.2 Å². The van der Waals surface area contributed by atoms with Gasteiger partial charge in [-0.1, -0.05) is 25.1 Å². The summed E-state index contributed by atoms with van der Waals surface area (Å²) >= 11 is 0. The van der Waals surface area contributed by atoms with E-state index in [-0.39, 0.29) is 17.0 Å². The number of carbonyl (C=O) groups is 1. The van der Waals surface area contributed by atoms with Crippen molar-refractivity contribution in [2.75, 3.05) is 17.3 Å². The molecule has 0 radical (unpaired) electrons. The number of hydrogen-bond acceptors (Lipinski definition) is 3. The molecule has 0 saturated carbocycles. The molecule has 0 aliphatic carbocycles. The second kappa shape index (κ2) is 7.75. The molecular weight excluding hydrogens is 358 g/mol. The number of hydrogen-bond donors (Lipinski definition) is 1. The van der Waals surface area contributed by atoms with Crippen molar-refractivity contribution < 1.29 is 4.79 Å². The maximum absolute atomic E-state index is 12.7. The fraction of sp³-hybridized carbons (Fsp3) is 0.360. The second-order valence-corrected chi connectivity index (χ2v) is 8.68. The van der Waals surface area contributed by atoms with Crippen LogP contribution in [0.5, 0.6) is 0 Å². The third-order valence-electron chi connectivity index (χ3n) is 6.08. The number of nitriles is 1. The van der Waals surface area contributed by atoms with Gasteiger partial charge in [0.2, 0.25) is 0 Å². The number of rotatable bonds is 3. The maximum atomic E-state index is 12.7. The van der Waals surface area contributed by atoms with E-state index in [1.165, 1.54) is 11.3 Å². The molecule has 2 aromatic carbocycles. The molecule has 0 bridgehead atoms. The standard InChI is InChI=1S/C25H29N3O/c1-16-9-7-8-10-22(16)27-24(29)20(15-26)12-19-13-21-18(3)14-25(4,5)28(6)23(21)11-17(19)2/h7-13,18H,14H2,1-6H3,(H,27,29)/b20-12+. The first-order valence-corrected chi connectivity index (χ1v) is 10.0. The molecule has 1 N–H and O–H groups in total. The Labute approximate surface area is 173 Å². The monoisotopic (exact) mass is 387 g/mol. The van der Waals surface area contributed by atoms with Crippen LogP contribution in [0.4, 0.5) is 11.4 Å². The van der Waals surface area contributed by atoms with Crippen molar-refractivity contribution in [3.63, 3.8) is 0 Å². The van der Waals surface area contributed by atoms with E-state index in [9.17, 15) is 10.1 Å². The topological polar surface area (TPSA) is 56.1 Å². The third-order valence-corrected chi connectivity index (χ3v) is 6.08. The lowest BCUT2D eigenvalue weighted by atomic mass is 9.79. The molecule has 1 heterocycles. The van der Waals surface area contributed by atoms with Gasteiger partial charge >= 0.3 is 0 Å². The number of carbonyl (C=O) groups excluding carboxylic acids is 1. The molecule has 1 unspecified atom stereocenters. The zero-order valence-electron chi connectivity index (χ0n) is 18.1. The summed E-state index contributed by atoms with van der Waals surface area (Å²) in [7, 11) is 2.13. The van der Waals surface area contributed by atoms with Crippen molar-refractivity contribution in [2.45, 2.75) is 52.5 Å². The predicted molar refractivity (Wildman–Crippen MR) is 120 cm³/mol. The molecule has 150 valence electrons. The zero-order valence-corrected chi connectivity index (χ0v) is 18.1. The van der Waals surface area contributed by atoms with Crippen LogP contribution in [0.2, 0.25) is 0 Å². The van der Waals surface area contributed by atoms with Gasteiger partial charge in [-0.05, 0) is 86.6 Å². The van der Waals surface area contributed by atoms with Crippen LogP contribution >= 0.6 is 0 Å². The first-order chi connectivity index (χ1) is 13.6. The molecule has 0 fully saturated rings. The molecule has 4 nitrogen and oxygen atoms in total. The largest absolute Gasteiger partial charge is 0.369 e. The number of nitrogens with one attached hydrogen (secondary N) is 1. The Morgan fingerprint density at radius 3 is 2.59 bits per heavy atom. The van der Waals surface area contributed by atoms with E-state index in [2.05, 4.69) is 56.2 Å². The summed E-state index contributed by atoms with van der Waals surface area (Å²) in [5.41, 5.74) is 6.35. The first kappa shape index (κ1) is 20.7. The summed E-state index contributed by atoms with van der Waals surface area (Å²) in [6, 6.07) is 13.9. The van der Waals surface area contributed by atoms with Crippen LogP contribution in [0.15, 0.2) is 42.0 Å². The van der Waals surface area contributed by atoms with Crippen molar-refractivity contribution in [2.24, 2.45) is 0 Å². The lowest BCUT2D eigenvalue weighted by Crippen LogP contribution is -2.45. The van der Waals surface area contributed by atoms with Crippen molar-refractivity contribution in [1.82, 2.24) is 0 Å². The van der Waals surface area contributed by atoms with Crippen molar-refractivity contribution in [1.29, 1.82) is 5.26 Å². The Morgan fingerprint density at radius 1 is 1.24 bits per heavy atom. The van der Waals surface area contributed by atoms with E-state index in [0.717, 1.165) is 28.8 Å². The van der Waals surface area contributed by atoms with Gasteiger partial charge in [0.1, 0.15) is 11.6 Å². The molecule has 1 atom stereocenters. The highest BCUT2D eigenvalue weighted by Crippen LogP contribution is 2.43. The molecule has 29 heavy (non-hydrogen) atoms. The van der Waals surface area contributed by atoms with Gasteiger partial charge in [0.25, 0.3) is 5.91 Å². The minimum atomic E-state index is -0.384.